The molecular formula is C28H31N3O3. The van der Waals surface area contributed by atoms with E-state index >= 15 is 0 Å². The average molecular weight is 458 g/mol. The number of carbonyl (C=O) groups excluding carboxylic acids is 2. The van der Waals surface area contributed by atoms with Crippen LogP contribution in [0.25, 0.3) is 0 Å². The van der Waals surface area contributed by atoms with E-state index in [1.54, 1.807) is 25.3 Å². The number of nitrogens with one attached hydrogen (secondary N) is 1. The number of rotatable bonds is 7. The number of benzene rings is 3. The third kappa shape index (κ3) is 5.46. The first-order chi connectivity index (χ1) is 16.6. The van der Waals surface area contributed by atoms with E-state index in [0.717, 1.165) is 31.2 Å². The zero-order valence-corrected chi connectivity index (χ0v) is 19.4. The molecule has 3 aromatic carbocycles. The van der Waals surface area contributed by atoms with Crippen molar-refractivity contribution < 1.29 is 14.3 Å². The van der Waals surface area contributed by atoms with Crippen LogP contribution in [-0.4, -0.2) is 35.9 Å². The summed E-state index contributed by atoms with van der Waals surface area (Å²) in [6.07, 6.45) is 4.01. The Morgan fingerprint density at radius 3 is 2.32 bits per heavy atom. The predicted octanol–water partition coefficient (Wildman–Crippen LogP) is 4.86. The molecule has 3 aromatic rings. The standard InChI is InChI=1S/C28H31N3O3/c1-34-26-14-8-5-11-23(26)27(32)30-22-17-15-20(16-18-22)19-31(25-13-7-6-12-24(25)29)28(33)21-9-3-2-4-10-21/h2-5,8-11,14-18,24-25H,6-7,12-13,19,29H2,1H3,(H,30,32). The normalized spacial score (nSPS) is 17.6. The number of amides is 2. The number of hydrogen-bond acceptors (Lipinski definition) is 4. The van der Waals surface area contributed by atoms with Crippen LogP contribution in [0.2, 0.25) is 0 Å². The summed E-state index contributed by atoms with van der Waals surface area (Å²) in [5.41, 5.74) is 9.25. The van der Waals surface area contributed by atoms with Gasteiger partial charge in [-0.25, -0.2) is 0 Å². The third-order valence-corrected chi connectivity index (χ3v) is 6.38. The van der Waals surface area contributed by atoms with Crippen LogP contribution in [0.1, 0.15) is 52.0 Å². The first kappa shape index (κ1) is 23.5. The van der Waals surface area contributed by atoms with E-state index < -0.39 is 0 Å². The monoisotopic (exact) mass is 457 g/mol. The fourth-order valence-electron chi connectivity index (χ4n) is 4.53. The Labute approximate surface area is 200 Å². The highest BCUT2D eigenvalue weighted by Crippen LogP contribution is 2.26. The van der Waals surface area contributed by atoms with Crippen molar-refractivity contribution in [2.45, 2.75) is 44.3 Å². The van der Waals surface area contributed by atoms with E-state index in [1.807, 2.05) is 65.6 Å². The number of anilines is 1. The lowest BCUT2D eigenvalue weighted by molar-refractivity contribution is 0.0583. The van der Waals surface area contributed by atoms with Gasteiger partial charge in [-0.1, -0.05) is 55.3 Å². The van der Waals surface area contributed by atoms with Gasteiger partial charge in [0.15, 0.2) is 0 Å². The number of carbonyl (C=O) groups is 2. The molecule has 1 fully saturated rings. The minimum atomic E-state index is -0.237. The van der Waals surface area contributed by atoms with Crippen molar-refractivity contribution in [3.63, 3.8) is 0 Å². The molecule has 0 radical (unpaired) electrons. The van der Waals surface area contributed by atoms with E-state index in [1.165, 1.54) is 0 Å². The van der Waals surface area contributed by atoms with Crippen LogP contribution in [0.3, 0.4) is 0 Å². The first-order valence-corrected chi connectivity index (χ1v) is 11.7. The number of hydrogen-bond donors (Lipinski definition) is 2. The van der Waals surface area contributed by atoms with Gasteiger partial charge in [0.25, 0.3) is 11.8 Å². The zero-order chi connectivity index (χ0) is 23.9. The highest BCUT2D eigenvalue weighted by Gasteiger charge is 2.31. The molecule has 1 aliphatic carbocycles. The molecule has 6 heteroatoms. The summed E-state index contributed by atoms with van der Waals surface area (Å²) in [5.74, 6) is 0.284. The molecule has 1 aliphatic rings. The first-order valence-electron chi connectivity index (χ1n) is 11.7. The summed E-state index contributed by atoms with van der Waals surface area (Å²) in [7, 11) is 1.54. The molecule has 2 amide bonds. The molecule has 34 heavy (non-hydrogen) atoms. The van der Waals surface area contributed by atoms with E-state index in [2.05, 4.69) is 5.32 Å². The number of ether oxygens (including phenoxy) is 1. The molecule has 4 rings (SSSR count). The quantitative estimate of drug-likeness (QED) is 0.531. The van der Waals surface area contributed by atoms with Gasteiger partial charge in [-0.3, -0.25) is 9.59 Å². The van der Waals surface area contributed by atoms with Crippen molar-refractivity contribution in [2.75, 3.05) is 12.4 Å². The molecule has 0 bridgehead atoms. The third-order valence-electron chi connectivity index (χ3n) is 6.38. The fraction of sp³-hybridized carbons (Fsp3) is 0.286. The Kier molecular flexibility index (Phi) is 7.60. The van der Waals surface area contributed by atoms with Crippen molar-refractivity contribution in [3.05, 3.63) is 95.6 Å². The minimum absolute atomic E-state index is 0.00324. The van der Waals surface area contributed by atoms with Crippen molar-refractivity contribution in [2.24, 2.45) is 5.73 Å². The van der Waals surface area contributed by atoms with Gasteiger partial charge in [0, 0.05) is 29.9 Å². The van der Waals surface area contributed by atoms with Gasteiger partial charge in [-0.15, -0.1) is 0 Å². The molecule has 176 valence electrons. The average Bonchev–Trinajstić information content (AvgIpc) is 2.89. The van der Waals surface area contributed by atoms with Crippen molar-refractivity contribution in [1.29, 1.82) is 0 Å². The number of nitrogens with zero attached hydrogens (tertiary/aromatic N) is 1. The molecule has 0 saturated heterocycles. The van der Waals surface area contributed by atoms with Crippen LogP contribution in [0.5, 0.6) is 5.75 Å². The Bertz CT molecular complexity index is 1120. The minimum Gasteiger partial charge on any atom is -0.496 e. The van der Waals surface area contributed by atoms with Crippen molar-refractivity contribution in [1.82, 2.24) is 4.90 Å². The van der Waals surface area contributed by atoms with Gasteiger partial charge in [0.05, 0.1) is 12.7 Å². The molecule has 2 unspecified atom stereocenters. The van der Waals surface area contributed by atoms with Gasteiger partial charge in [-0.2, -0.15) is 0 Å². The smallest absolute Gasteiger partial charge is 0.259 e. The van der Waals surface area contributed by atoms with Crippen molar-refractivity contribution >= 4 is 17.5 Å². The Balaban J connectivity index is 1.50. The Hall–Kier alpha value is -3.64. The van der Waals surface area contributed by atoms with Crippen molar-refractivity contribution in [3.8, 4) is 5.75 Å². The molecule has 0 aromatic heterocycles. The van der Waals surface area contributed by atoms with E-state index in [9.17, 15) is 9.59 Å². The van der Waals surface area contributed by atoms with Gasteiger partial charge in [0.1, 0.15) is 5.75 Å². The maximum atomic E-state index is 13.4. The topological polar surface area (TPSA) is 84.7 Å². The predicted molar refractivity (Wildman–Crippen MR) is 134 cm³/mol. The molecule has 1 saturated carbocycles. The fourth-order valence-corrected chi connectivity index (χ4v) is 4.53. The van der Waals surface area contributed by atoms with Gasteiger partial charge < -0.3 is 20.7 Å². The maximum Gasteiger partial charge on any atom is 0.259 e. The summed E-state index contributed by atoms with van der Waals surface area (Å²) in [6.45, 7) is 0.465. The lowest BCUT2D eigenvalue weighted by Gasteiger charge is -2.38. The second-order valence-corrected chi connectivity index (χ2v) is 8.67. The van der Waals surface area contributed by atoms with Crippen LogP contribution in [0, 0.1) is 0 Å². The molecule has 6 nitrogen and oxygen atoms in total. The second kappa shape index (κ2) is 11.0. The summed E-state index contributed by atoms with van der Waals surface area (Å²) >= 11 is 0. The molecule has 2 atom stereocenters. The van der Waals surface area contributed by atoms with Crippen LogP contribution in [0.4, 0.5) is 5.69 Å². The number of para-hydroxylation sites is 1. The molecule has 0 aliphatic heterocycles. The van der Waals surface area contributed by atoms with Gasteiger partial charge >= 0.3 is 0 Å². The second-order valence-electron chi connectivity index (χ2n) is 8.67. The zero-order valence-electron chi connectivity index (χ0n) is 19.4. The summed E-state index contributed by atoms with van der Waals surface area (Å²) in [4.78, 5) is 28.0. The lowest BCUT2D eigenvalue weighted by Crippen LogP contribution is -2.51. The van der Waals surface area contributed by atoms with E-state index in [0.29, 0.717) is 29.1 Å². The van der Waals surface area contributed by atoms with Crippen LogP contribution in [0.15, 0.2) is 78.9 Å². The van der Waals surface area contributed by atoms with Crippen LogP contribution in [-0.2, 0) is 6.54 Å². The van der Waals surface area contributed by atoms with E-state index in [4.69, 9.17) is 10.5 Å². The Morgan fingerprint density at radius 2 is 1.62 bits per heavy atom. The lowest BCUT2D eigenvalue weighted by atomic mass is 9.89. The number of methoxy groups -OCH3 is 1. The highest BCUT2D eigenvalue weighted by atomic mass is 16.5. The molecule has 0 spiro atoms. The Morgan fingerprint density at radius 1 is 0.941 bits per heavy atom. The summed E-state index contributed by atoms with van der Waals surface area (Å²) < 4.78 is 5.28. The summed E-state index contributed by atoms with van der Waals surface area (Å²) in [5, 5.41) is 2.91. The van der Waals surface area contributed by atoms with Crippen LogP contribution < -0.4 is 15.8 Å². The van der Waals surface area contributed by atoms with Gasteiger partial charge in [0.2, 0.25) is 0 Å². The highest BCUT2D eigenvalue weighted by molar-refractivity contribution is 6.06. The molecule has 0 heterocycles. The van der Waals surface area contributed by atoms with E-state index in [-0.39, 0.29) is 23.9 Å². The largest absolute Gasteiger partial charge is 0.496 e. The summed E-state index contributed by atoms with van der Waals surface area (Å²) in [6, 6.07) is 24.0. The molecular weight excluding hydrogens is 426 g/mol. The molecule has 3 N–H and O–H groups in total. The SMILES string of the molecule is COc1ccccc1C(=O)Nc1ccc(CN(C(=O)c2ccccc2)C2CCCCC2N)cc1. The number of nitrogens with two attached hydrogens (primary N) is 1. The van der Waals surface area contributed by atoms with Crippen LogP contribution >= 0.6 is 0 Å². The maximum absolute atomic E-state index is 13.4. The van der Waals surface area contributed by atoms with Gasteiger partial charge in [-0.05, 0) is 54.8 Å².